The van der Waals surface area contributed by atoms with Gasteiger partial charge in [0.1, 0.15) is 0 Å². The van der Waals surface area contributed by atoms with E-state index in [0.29, 0.717) is 13.1 Å². The van der Waals surface area contributed by atoms with Crippen molar-refractivity contribution in [3.05, 3.63) is 0 Å². The molecule has 0 spiro atoms. The Morgan fingerprint density at radius 1 is 1.19 bits per heavy atom. The maximum atomic E-state index is 12.0. The fraction of sp³-hybridized carbons (Fsp3) is 1.00. The summed E-state index contributed by atoms with van der Waals surface area (Å²) in [6.45, 7) is 7.06. The first-order valence-electron chi connectivity index (χ1n) is 6.21. The van der Waals surface area contributed by atoms with E-state index in [2.05, 4.69) is 6.92 Å². The van der Waals surface area contributed by atoms with Crippen LogP contribution in [0.3, 0.4) is 0 Å². The summed E-state index contributed by atoms with van der Waals surface area (Å²) in [5.41, 5.74) is 5.83. The molecule has 0 aliphatic heterocycles. The van der Waals surface area contributed by atoms with Crippen molar-refractivity contribution < 1.29 is 8.42 Å². The minimum atomic E-state index is -3.16. The second-order valence-electron chi connectivity index (χ2n) is 4.17. The molecule has 4 nitrogen and oxygen atoms in total. The SMILES string of the molecule is CCCCC(N)CS(=O)(=O)N(CC)CCC. The molecule has 16 heavy (non-hydrogen) atoms. The molecule has 98 valence electrons. The number of unbranched alkanes of at least 4 members (excludes halogenated alkanes) is 1. The van der Waals surface area contributed by atoms with Gasteiger partial charge in [0.05, 0.1) is 5.75 Å². The van der Waals surface area contributed by atoms with Gasteiger partial charge in [0.2, 0.25) is 10.0 Å². The van der Waals surface area contributed by atoms with Gasteiger partial charge in [-0.05, 0) is 12.8 Å². The minimum absolute atomic E-state index is 0.0842. The molecule has 0 aliphatic rings. The Hall–Kier alpha value is -0.130. The lowest BCUT2D eigenvalue weighted by Gasteiger charge is -2.21. The van der Waals surface area contributed by atoms with Gasteiger partial charge < -0.3 is 5.73 Å². The van der Waals surface area contributed by atoms with Crippen molar-refractivity contribution in [1.29, 1.82) is 0 Å². The minimum Gasteiger partial charge on any atom is -0.327 e. The highest BCUT2D eigenvalue weighted by Gasteiger charge is 2.22. The Bertz CT molecular complexity index is 265. The summed E-state index contributed by atoms with van der Waals surface area (Å²) < 4.78 is 25.5. The Labute approximate surface area is 100 Å². The van der Waals surface area contributed by atoms with E-state index in [1.165, 1.54) is 4.31 Å². The van der Waals surface area contributed by atoms with Crippen molar-refractivity contribution in [2.75, 3.05) is 18.8 Å². The van der Waals surface area contributed by atoms with Gasteiger partial charge in [-0.25, -0.2) is 12.7 Å². The largest absolute Gasteiger partial charge is 0.327 e. The molecule has 0 aromatic rings. The summed E-state index contributed by atoms with van der Waals surface area (Å²) in [7, 11) is -3.16. The second kappa shape index (κ2) is 8.03. The zero-order chi connectivity index (χ0) is 12.6. The quantitative estimate of drug-likeness (QED) is 0.675. The molecule has 0 amide bonds. The monoisotopic (exact) mass is 250 g/mol. The number of hydrogen-bond acceptors (Lipinski definition) is 3. The van der Waals surface area contributed by atoms with Crippen LogP contribution in [0.5, 0.6) is 0 Å². The van der Waals surface area contributed by atoms with Crippen molar-refractivity contribution in [3.63, 3.8) is 0 Å². The average Bonchev–Trinajstić information content (AvgIpc) is 2.22. The molecular formula is C11H26N2O2S. The predicted octanol–water partition coefficient (Wildman–Crippen LogP) is 1.57. The average molecular weight is 250 g/mol. The van der Waals surface area contributed by atoms with Gasteiger partial charge in [-0.15, -0.1) is 0 Å². The van der Waals surface area contributed by atoms with Crippen LogP contribution in [0.1, 0.15) is 46.5 Å². The first-order valence-corrected chi connectivity index (χ1v) is 7.82. The van der Waals surface area contributed by atoms with Crippen LogP contribution in [-0.2, 0) is 10.0 Å². The molecular weight excluding hydrogens is 224 g/mol. The van der Waals surface area contributed by atoms with Crippen molar-refractivity contribution in [3.8, 4) is 0 Å². The Morgan fingerprint density at radius 3 is 2.25 bits per heavy atom. The number of sulfonamides is 1. The first-order chi connectivity index (χ1) is 7.47. The third kappa shape index (κ3) is 5.82. The number of rotatable bonds is 9. The third-order valence-electron chi connectivity index (χ3n) is 2.57. The topological polar surface area (TPSA) is 63.4 Å². The zero-order valence-corrected chi connectivity index (χ0v) is 11.6. The Balaban J connectivity index is 4.30. The highest BCUT2D eigenvalue weighted by atomic mass is 32.2. The van der Waals surface area contributed by atoms with Crippen LogP contribution in [0.2, 0.25) is 0 Å². The molecule has 0 heterocycles. The summed E-state index contributed by atoms with van der Waals surface area (Å²) in [4.78, 5) is 0. The van der Waals surface area contributed by atoms with Crippen LogP contribution < -0.4 is 5.73 Å². The van der Waals surface area contributed by atoms with Crippen LogP contribution in [0, 0.1) is 0 Å². The van der Waals surface area contributed by atoms with Crippen LogP contribution in [0.4, 0.5) is 0 Å². The van der Waals surface area contributed by atoms with E-state index in [0.717, 1.165) is 25.7 Å². The van der Waals surface area contributed by atoms with E-state index in [4.69, 9.17) is 5.73 Å². The van der Waals surface area contributed by atoms with E-state index in [1.54, 1.807) is 0 Å². The lowest BCUT2D eigenvalue weighted by atomic mass is 10.2. The van der Waals surface area contributed by atoms with E-state index in [1.807, 2.05) is 13.8 Å². The lowest BCUT2D eigenvalue weighted by Crippen LogP contribution is -2.40. The molecule has 0 aromatic carbocycles. The molecule has 0 rings (SSSR count). The molecule has 1 atom stereocenters. The molecule has 0 aliphatic carbocycles. The fourth-order valence-electron chi connectivity index (χ4n) is 1.67. The van der Waals surface area contributed by atoms with Gasteiger partial charge in [0.25, 0.3) is 0 Å². The predicted molar refractivity (Wildman–Crippen MR) is 68.8 cm³/mol. The van der Waals surface area contributed by atoms with E-state index in [9.17, 15) is 8.42 Å². The molecule has 5 heteroatoms. The van der Waals surface area contributed by atoms with E-state index in [-0.39, 0.29) is 11.8 Å². The smallest absolute Gasteiger partial charge is 0.215 e. The standard InChI is InChI=1S/C11H26N2O2S/c1-4-7-8-11(12)10-16(14,15)13(6-3)9-5-2/h11H,4-10,12H2,1-3H3. The molecule has 2 N–H and O–H groups in total. The van der Waals surface area contributed by atoms with Gasteiger partial charge >= 0.3 is 0 Å². The Kier molecular flexibility index (Phi) is 7.97. The van der Waals surface area contributed by atoms with Gasteiger partial charge in [0.15, 0.2) is 0 Å². The van der Waals surface area contributed by atoms with Crippen LogP contribution in [0.15, 0.2) is 0 Å². The van der Waals surface area contributed by atoms with Gasteiger partial charge in [-0.3, -0.25) is 0 Å². The maximum absolute atomic E-state index is 12.0. The molecule has 0 aromatic heterocycles. The zero-order valence-electron chi connectivity index (χ0n) is 10.8. The third-order valence-corrected chi connectivity index (χ3v) is 4.65. The number of hydrogen-bond donors (Lipinski definition) is 1. The van der Waals surface area contributed by atoms with Gasteiger partial charge in [-0.1, -0.05) is 33.6 Å². The van der Waals surface area contributed by atoms with Crippen molar-refractivity contribution in [2.45, 2.75) is 52.5 Å². The molecule has 0 fully saturated rings. The summed E-state index contributed by atoms with van der Waals surface area (Å²) in [6, 6.07) is -0.226. The highest BCUT2D eigenvalue weighted by molar-refractivity contribution is 7.89. The maximum Gasteiger partial charge on any atom is 0.215 e. The van der Waals surface area contributed by atoms with Crippen LogP contribution in [-0.4, -0.2) is 37.6 Å². The molecule has 0 bridgehead atoms. The number of nitrogens with zero attached hydrogens (tertiary/aromatic N) is 1. The summed E-state index contributed by atoms with van der Waals surface area (Å²) in [6.07, 6.45) is 3.69. The van der Waals surface area contributed by atoms with Gasteiger partial charge in [0, 0.05) is 19.1 Å². The van der Waals surface area contributed by atoms with Crippen LogP contribution >= 0.6 is 0 Å². The summed E-state index contributed by atoms with van der Waals surface area (Å²) in [5, 5.41) is 0. The molecule has 0 saturated heterocycles. The summed E-state index contributed by atoms with van der Waals surface area (Å²) >= 11 is 0. The Morgan fingerprint density at radius 2 is 1.81 bits per heavy atom. The second-order valence-corrected chi connectivity index (χ2v) is 6.19. The normalized spacial score (nSPS) is 14.3. The van der Waals surface area contributed by atoms with Crippen molar-refractivity contribution >= 4 is 10.0 Å². The van der Waals surface area contributed by atoms with Crippen molar-refractivity contribution in [1.82, 2.24) is 4.31 Å². The highest BCUT2D eigenvalue weighted by Crippen LogP contribution is 2.07. The fourth-order valence-corrected chi connectivity index (χ4v) is 3.44. The summed E-state index contributed by atoms with van der Waals surface area (Å²) in [5.74, 6) is 0.0842. The van der Waals surface area contributed by atoms with E-state index >= 15 is 0 Å². The van der Waals surface area contributed by atoms with Crippen molar-refractivity contribution in [2.24, 2.45) is 5.73 Å². The van der Waals surface area contributed by atoms with Crippen LogP contribution in [0.25, 0.3) is 0 Å². The lowest BCUT2D eigenvalue weighted by molar-refractivity contribution is 0.422. The molecule has 0 radical (unpaired) electrons. The first kappa shape index (κ1) is 15.9. The molecule has 0 saturated carbocycles. The van der Waals surface area contributed by atoms with E-state index < -0.39 is 10.0 Å². The number of nitrogens with two attached hydrogens (primary N) is 1. The van der Waals surface area contributed by atoms with Gasteiger partial charge in [-0.2, -0.15) is 0 Å². The molecule has 1 unspecified atom stereocenters.